The Balaban J connectivity index is 3.09. The van der Waals surface area contributed by atoms with Crippen molar-refractivity contribution in [2.45, 2.75) is 39.3 Å². The van der Waals surface area contributed by atoms with Crippen molar-refractivity contribution >= 4 is 17.4 Å². The van der Waals surface area contributed by atoms with Gasteiger partial charge in [0.1, 0.15) is 1.41 Å². The molecule has 0 radical (unpaired) electrons. The summed E-state index contributed by atoms with van der Waals surface area (Å²) in [5.74, 6) is -0.435. The van der Waals surface area contributed by atoms with Gasteiger partial charge < -0.3 is 5.31 Å². The molecule has 0 heterocycles. The average Bonchev–Trinajstić information content (AvgIpc) is 2.25. The Morgan fingerprint density at radius 1 is 1.56 bits per heavy atom. The highest BCUT2D eigenvalue weighted by Crippen LogP contribution is 2.13. The first kappa shape index (κ1) is 10.3. The number of halogens is 1. The Labute approximate surface area is 105 Å². The van der Waals surface area contributed by atoms with Crippen LogP contribution in [0.2, 0.25) is 6.43 Å². The molecule has 0 aliphatic rings. The summed E-state index contributed by atoms with van der Waals surface area (Å²) in [5, 5.41) is 1.45. The minimum absolute atomic E-state index is 0.349. The molecule has 0 saturated heterocycles. The van der Waals surface area contributed by atoms with Crippen LogP contribution < -0.4 is 5.31 Å². The summed E-state index contributed by atoms with van der Waals surface area (Å²) in [7, 11) is 0. The number of nitrogens with one attached hydrogen (secondary N) is 1. The Kier molecular flexibility index (Phi) is 3.21. The number of carbonyl (C=O) groups excluding carboxylic acids is 1. The zero-order chi connectivity index (χ0) is 14.1. The fourth-order valence-electron chi connectivity index (χ4n) is 1.39. The lowest BCUT2D eigenvalue weighted by Crippen LogP contribution is -2.46. The Bertz CT molecular complexity index is 455. The fraction of sp³-hybridized carbons (Fsp3) is 0.462. The van der Waals surface area contributed by atoms with Crippen molar-refractivity contribution in [3.63, 3.8) is 0 Å². The van der Waals surface area contributed by atoms with Gasteiger partial charge in [0.15, 0.2) is 5.78 Å². The second-order valence-corrected chi connectivity index (χ2v) is 5.14. The topological polar surface area (TPSA) is 29.1 Å². The van der Waals surface area contributed by atoms with E-state index in [9.17, 15) is 4.79 Å². The van der Waals surface area contributed by atoms with Crippen LogP contribution in [0.15, 0.2) is 24.3 Å². The molecule has 1 atom stereocenters. The molecule has 0 fully saturated rings. The first-order valence-electron chi connectivity index (χ1n) is 6.11. The molecule has 16 heavy (non-hydrogen) atoms. The van der Waals surface area contributed by atoms with Gasteiger partial charge in [-0.15, -0.1) is 0 Å². The van der Waals surface area contributed by atoms with E-state index in [4.69, 9.17) is 14.4 Å². The van der Waals surface area contributed by atoms with E-state index in [2.05, 4.69) is 0 Å². The molecule has 0 aliphatic heterocycles. The van der Waals surface area contributed by atoms with E-state index in [1.54, 1.807) is 39.0 Å². The van der Waals surface area contributed by atoms with Crippen molar-refractivity contribution in [1.29, 1.82) is 0 Å². The maximum Gasteiger partial charge on any atom is 0.179 e. The summed E-state index contributed by atoms with van der Waals surface area (Å²) >= 11 is 5.83. The van der Waals surface area contributed by atoms with E-state index in [1.807, 2.05) is 0 Å². The number of benzene rings is 1. The quantitative estimate of drug-likeness (QED) is 0.823. The molecule has 1 N–H and O–H groups in total. The molecule has 0 amide bonds. The minimum Gasteiger partial charge on any atom is -0.303 e. The molecule has 3 heteroatoms. The van der Waals surface area contributed by atoms with Crippen LogP contribution in [-0.4, -0.2) is 17.3 Å². The fourth-order valence-corrected chi connectivity index (χ4v) is 1.58. The summed E-state index contributed by atoms with van der Waals surface area (Å²) in [5.41, 5.74) is -0.244. The monoisotopic (exact) mass is 241 g/mol. The van der Waals surface area contributed by atoms with Crippen LogP contribution in [-0.2, 0) is 0 Å². The van der Waals surface area contributed by atoms with Crippen molar-refractivity contribution in [3.8, 4) is 0 Å². The van der Waals surface area contributed by atoms with Crippen molar-refractivity contribution in [1.82, 2.24) is 5.31 Å². The van der Waals surface area contributed by atoms with Crippen LogP contribution in [0, 0.1) is 0 Å². The van der Waals surface area contributed by atoms with E-state index in [1.165, 1.54) is 13.0 Å². The van der Waals surface area contributed by atoms with Gasteiger partial charge in [-0.2, -0.15) is 0 Å². The minimum atomic E-state index is -1.65. The zero-order valence-corrected chi connectivity index (χ0v) is 10.8. The van der Waals surface area contributed by atoms with Crippen LogP contribution in [0.1, 0.15) is 39.4 Å². The molecule has 0 aromatic heterocycles. The van der Waals surface area contributed by atoms with Gasteiger partial charge in [-0.25, -0.2) is 0 Å². The third kappa shape index (κ3) is 3.95. The van der Waals surface area contributed by atoms with Gasteiger partial charge in [0.25, 0.3) is 0 Å². The smallest absolute Gasteiger partial charge is 0.179 e. The van der Waals surface area contributed by atoms with E-state index in [-0.39, 0.29) is 0 Å². The van der Waals surface area contributed by atoms with Crippen molar-refractivity contribution in [2.24, 2.45) is 0 Å². The molecule has 1 rings (SSSR count). The second kappa shape index (κ2) is 4.98. The molecule has 0 bridgehead atoms. The number of hydrogen-bond acceptors (Lipinski definition) is 2. The number of hydrogen-bond donors (Lipinski definition) is 1. The molecule has 1 aromatic carbocycles. The SMILES string of the molecule is [2H]N(C(C)(C)C)[C@@]([2H])(C)C(=O)c1cccc(Cl)c1. The van der Waals surface area contributed by atoms with Gasteiger partial charge in [-0.05, 0) is 39.8 Å². The maximum absolute atomic E-state index is 12.3. The third-order valence-corrected chi connectivity index (χ3v) is 2.15. The zero-order valence-electron chi connectivity index (χ0n) is 12.0. The summed E-state index contributed by atoms with van der Waals surface area (Å²) in [6.07, 6.45) is 0. The van der Waals surface area contributed by atoms with Gasteiger partial charge >= 0.3 is 0 Å². The molecule has 0 spiro atoms. The van der Waals surface area contributed by atoms with E-state index in [0.717, 1.165) is 5.31 Å². The lowest BCUT2D eigenvalue weighted by atomic mass is 10.0. The first-order chi connectivity index (χ1) is 8.06. The predicted molar refractivity (Wildman–Crippen MR) is 68.1 cm³/mol. The molecular weight excluding hydrogens is 222 g/mol. The third-order valence-electron chi connectivity index (χ3n) is 1.92. The van der Waals surface area contributed by atoms with Crippen LogP contribution in [0.5, 0.6) is 0 Å². The van der Waals surface area contributed by atoms with Crippen LogP contribution in [0.25, 0.3) is 0 Å². The predicted octanol–water partition coefficient (Wildman–Crippen LogP) is 3.30. The average molecular weight is 242 g/mol. The Morgan fingerprint density at radius 2 is 2.19 bits per heavy atom. The normalized spacial score (nSPS) is 17.6. The molecular formula is C13H18ClNO. The number of carbonyl (C=O) groups is 1. The Morgan fingerprint density at radius 3 is 2.69 bits per heavy atom. The molecule has 1 aromatic rings. The Hall–Kier alpha value is -0.860. The van der Waals surface area contributed by atoms with Gasteiger partial charge in [0, 0.05) is 16.1 Å². The molecule has 88 valence electrons. The van der Waals surface area contributed by atoms with Crippen molar-refractivity contribution in [2.75, 3.05) is 0 Å². The van der Waals surface area contributed by atoms with Gasteiger partial charge in [-0.3, -0.25) is 4.79 Å². The van der Waals surface area contributed by atoms with E-state index in [0.29, 0.717) is 10.6 Å². The van der Waals surface area contributed by atoms with Gasteiger partial charge in [0.05, 0.1) is 7.39 Å². The van der Waals surface area contributed by atoms with E-state index >= 15 is 0 Å². The lowest BCUT2D eigenvalue weighted by Gasteiger charge is -2.25. The summed E-state index contributed by atoms with van der Waals surface area (Å²) < 4.78 is 16.1. The second-order valence-electron chi connectivity index (χ2n) is 4.71. The summed E-state index contributed by atoms with van der Waals surface area (Å²) in [4.78, 5) is 12.3. The van der Waals surface area contributed by atoms with Crippen molar-refractivity contribution in [3.05, 3.63) is 34.9 Å². The maximum atomic E-state index is 12.3. The number of ketones is 1. The van der Waals surface area contributed by atoms with Gasteiger partial charge in [-0.1, -0.05) is 23.7 Å². The lowest BCUT2D eigenvalue weighted by molar-refractivity contribution is 0.0936. The first-order valence-corrected chi connectivity index (χ1v) is 5.54. The van der Waals surface area contributed by atoms with Crippen LogP contribution >= 0.6 is 11.6 Å². The van der Waals surface area contributed by atoms with Crippen molar-refractivity contribution < 1.29 is 7.58 Å². The molecule has 2 nitrogen and oxygen atoms in total. The van der Waals surface area contributed by atoms with Gasteiger partial charge in [0.2, 0.25) is 0 Å². The molecule has 0 aliphatic carbocycles. The molecule has 0 unspecified atom stereocenters. The number of rotatable bonds is 3. The highest BCUT2D eigenvalue weighted by atomic mass is 35.5. The largest absolute Gasteiger partial charge is 0.303 e. The standard InChI is InChI=1S/C13H18ClNO/c1-9(15-13(2,3)4)12(16)10-6-5-7-11(14)8-10/h5-9,15H,1-4H3/t9-/m0/s1/i9D/hD. The summed E-state index contributed by atoms with van der Waals surface area (Å²) in [6, 6.07) is 4.81. The highest BCUT2D eigenvalue weighted by Gasteiger charge is 2.20. The molecule has 0 saturated carbocycles. The number of Topliss-reactive ketones (excluding diaryl/α,β-unsaturated/α-hetero) is 1. The van der Waals surface area contributed by atoms with Crippen LogP contribution in [0.3, 0.4) is 0 Å². The van der Waals surface area contributed by atoms with Crippen LogP contribution in [0.4, 0.5) is 0 Å². The summed E-state index contributed by atoms with van der Waals surface area (Å²) in [6.45, 7) is 6.79. The highest BCUT2D eigenvalue weighted by molar-refractivity contribution is 6.31. The van der Waals surface area contributed by atoms with E-state index < -0.39 is 17.3 Å².